The predicted molar refractivity (Wildman–Crippen MR) is 79.6 cm³/mol. The van der Waals surface area contributed by atoms with Crippen LogP contribution >= 0.6 is 0 Å². The lowest BCUT2D eigenvalue weighted by atomic mass is 10.0. The van der Waals surface area contributed by atoms with Crippen LogP contribution in [0.1, 0.15) is 30.2 Å². The number of aliphatic hydroxyl groups is 1. The molecule has 1 atom stereocenters. The van der Waals surface area contributed by atoms with Crippen LogP contribution in [0.2, 0.25) is 0 Å². The van der Waals surface area contributed by atoms with Gasteiger partial charge in [0, 0.05) is 18.3 Å². The Morgan fingerprint density at radius 1 is 1.10 bits per heavy atom. The van der Waals surface area contributed by atoms with Crippen molar-refractivity contribution in [2.24, 2.45) is 0 Å². The number of pyridine rings is 1. The fourth-order valence-corrected chi connectivity index (χ4v) is 2.38. The third-order valence-corrected chi connectivity index (χ3v) is 3.56. The van der Waals surface area contributed by atoms with Gasteiger partial charge in [0.15, 0.2) is 11.5 Å². The topological polar surface area (TPSA) is 51.6 Å². The Morgan fingerprint density at radius 2 is 1.95 bits per heavy atom. The molecule has 3 rings (SSSR count). The van der Waals surface area contributed by atoms with Crippen molar-refractivity contribution >= 4 is 0 Å². The highest BCUT2D eigenvalue weighted by Gasteiger charge is 2.14. The molecule has 1 aliphatic rings. The highest BCUT2D eigenvalue weighted by molar-refractivity contribution is 5.44. The van der Waals surface area contributed by atoms with E-state index in [2.05, 4.69) is 4.98 Å². The molecule has 0 radical (unpaired) electrons. The van der Waals surface area contributed by atoms with E-state index in [0.717, 1.165) is 35.6 Å². The molecular formula is C17H19NO3. The molecule has 2 aromatic rings. The Balaban J connectivity index is 1.67. The monoisotopic (exact) mass is 285 g/mol. The van der Waals surface area contributed by atoms with Gasteiger partial charge in [-0.3, -0.25) is 4.98 Å². The summed E-state index contributed by atoms with van der Waals surface area (Å²) in [5.74, 6) is 1.48. The molecule has 0 saturated carbocycles. The molecule has 4 heteroatoms. The maximum absolute atomic E-state index is 10.3. The normalized spacial score (nSPS) is 15.3. The van der Waals surface area contributed by atoms with E-state index in [-0.39, 0.29) is 0 Å². The maximum Gasteiger partial charge on any atom is 0.161 e. The molecular weight excluding hydrogens is 266 g/mol. The summed E-state index contributed by atoms with van der Waals surface area (Å²) in [7, 11) is 0. The molecule has 0 bridgehead atoms. The zero-order valence-corrected chi connectivity index (χ0v) is 11.9. The third-order valence-electron chi connectivity index (χ3n) is 3.56. The average Bonchev–Trinajstić information content (AvgIpc) is 2.78. The second kappa shape index (κ2) is 6.59. The van der Waals surface area contributed by atoms with Crippen molar-refractivity contribution in [3.8, 4) is 11.5 Å². The molecule has 0 aliphatic carbocycles. The van der Waals surface area contributed by atoms with E-state index in [0.29, 0.717) is 19.6 Å². The first kappa shape index (κ1) is 13.9. The molecule has 0 fully saturated rings. The third kappa shape index (κ3) is 3.52. The van der Waals surface area contributed by atoms with Crippen molar-refractivity contribution in [2.75, 3.05) is 13.2 Å². The zero-order valence-electron chi connectivity index (χ0n) is 11.9. The molecule has 0 spiro atoms. The number of nitrogens with zero attached hydrogens (tertiary/aromatic N) is 1. The minimum absolute atomic E-state index is 0.524. The number of rotatable bonds is 4. The van der Waals surface area contributed by atoms with Crippen molar-refractivity contribution in [3.05, 3.63) is 53.9 Å². The van der Waals surface area contributed by atoms with Crippen LogP contribution < -0.4 is 9.47 Å². The largest absolute Gasteiger partial charge is 0.490 e. The summed E-state index contributed by atoms with van der Waals surface area (Å²) in [6.45, 7) is 1.33. The molecule has 21 heavy (non-hydrogen) atoms. The SMILES string of the molecule is OC(CCc1ccccn1)c1ccc2c(c1)OCCCO2. The standard InChI is InChI=1S/C17H19NO3/c19-15(7-6-14-4-1-2-9-18-14)13-5-8-16-17(12-13)21-11-3-10-20-16/h1-2,4-5,8-9,12,15,19H,3,6-7,10-11H2. The van der Waals surface area contributed by atoms with Crippen molar-refractivity contribution in [1.82, 2.24) is 4.98 Å². The molecule has 1 N–H and O–H groups in total. The van der Waals surface area contributed by atoms with Crippen LogP contribution in [-0.2, 0) is 6.42 Å². The van der Waals surface area contributed by atoms with Gasteiger partial charge >= 0.3 is 0 Å². The van der Waals surface area contributed by atoms with E-state index in [1.807, 2.05) is 36.4 Å². The Labute approximate surface area is 124 Å². The number of aryl methyl sites for hydroxylation is 1. The smallest absolute Gasteiger partial charge is 0.161 e. The molecule has 1 unspecified atom stereocenters. The summed E-state index contributed by atoms with van der Waals surface area (Å²) >= 11 is 0. The van der Waals surface area contributed by atoms with E-state index < -0.39 is 6.10 Å². The van der Waals surface area contributed by atoms with Gasteiger partial charge in [-0.2, -0.15) is 0 Å². The fraction of sp³-hybridized carbons (Fsp3) is 0.353. The van der Waals surface area contributed by atoms with Crippen molar-refractivity contribution < 1.29 is 14.6 Å². The van der Waals surface area contributed by atoms with Crippen LogP contribution in [0.5, 0.6) is 11.5 Å². The van der Waals surface area contributed by atoms with Gasteiger partial charge in [0.05, 0.1) is 19.3 Å². The molecule has 2 heterocycles. The van der Waals surface area contributed by atoms with E-state index >= 15 is 0 Å². The number of aromatic nitrogens is 1. The summed E-state index contributed by atoms with van der Waals surface area (Å²) < 4.78 is 11.2. The number of ether oxygens (including phenoxy) is 2. The zero-order chi connectivity index (χ0) is 14.5. The van der Waals surface area contributed by atoms with E-state index in [1.54, 1.807) is 6.20 Å². The number of hydrogen-bond donors (Lipinski definition) is 1. The van der Waals surface area contributed by atoms with Gasteiger partial charge < -0.3 is 14.6 Å². The molecule has 0 saturated heterocycles. The minimum atomic E-state index is -0.524. The lowest BCUT2D eigenvalue weighted by Gasteiger charge is -2.14. The van der Waals surface area contributed by atoms with Crippen LogP contribution in [0.15, 0.2) is 42.6 Å². The summed E-state index contributed by atoms with van der Waals surface area (Å²) in [4.78, 5) is 4.27. The average molecular weight is 285 g/mol. The lowest BCUT2D eigenvalue weighted by Crippen LogP contribution is -2.02. The van der Waals surface area contributed by atoms with Crippen molar-refractivity contribution in [1.29, 1.82) is 0 Å². The molecule has 110 valence electrons. The van der Waals surface area contributed by atoms with E-state index in [4.69, 9.17) is 9.47 Å². The van der Waals surface area contributed by atoms with Crippen LogP contribution in [0.4, 0.5) is 0 Å². The Kier molecular flexibility index (Phi) is 4.36. The van der Waals surface area contributed by atoms with Crippen LogP contribution in [0.25, 0.3) is 0 Å². The summed E-state index contributed by atoms with van der Waals surface area (Å²) in [6.07, 6.45) is 3.51. The van der Waals surface area contributed by atoms with Crippen LogP contribution in [-0.4, -0.2) is 23.3 Å². The molecule has 4 nitrogen and oxygen atoms in total. The van der Waals surface area contributed by atoms with Gasteiger partial charge in [0.25, 0.3) is 0 Å². The Bertz CT molecular complexity index is 586. The second-order valence-electron chi connectivity index (χ2n) is 5.13. The minimum Gasteiger partial charge on any atom is -0.490 e. The second-order valence-corrected chi connectivity index (χ2v) is 5.13. The summed E-state index contributed by atoms with van der Waals surface area (Å²) in [5, 5.41) is 10.3. The van der Waals surface area contributed by atoms with Crippen LogP contribution in [0.3, 0.4) is 0 Å². The first-order chi connectivity index (χ1) is 10.3. The van der Waals surface area contributed by atoms with Gasteiger partial charge in [0.2, 0.25) is 0 Å². The first-order valence-electron chi connectivity index (χ1n) is 7.30. The van der Waals surface area contributed by atoms with E-state index in [1.165, 1.54) is 0 Å². The van der Waals surface area contributed by atoms with Gasteiger partial charge in [-0.05, 0) is 42.7 Å². The van der Waals surface area contributed by atoms with Crippen molar-refractivity contribution in [2.45, 2.75) is 25.4 Å². The van der Waals surface area contributed by atoms with Gasteiger partial charge in [-0.15, -0.1) is 0 Å². The molecule has 1 aromatic heterocycles. The predicted octanol–water partition coefficient (Wildman–Crippen LogP) is 2.91. The highest BCUT2D eigenvalue weighted by atomic mass is 16.5. The van der Waals surface area contributed by atoms with Crippen molar-refractivity contribution in [3.63, 3.8) is 0 Å². The van der Waals surface area contributed by atoms with Gasteiger partial charge in [-0.1, -0.05) is 12.1 Å². The molecule has 1 aromatic carbocycles. The highest BCUT2D eigenvalue weighted by Crippen LogP contribution is 2.33. The number of fused-ring (bicyclic) bond motifs is 1. The van der Waals surface area contributed by atoms with E-state index in [9.17, 15) is 5.11 Å². The molecule has 1 aliphatic heterocycles. The van der Waals surface area contributed by atoms with Crippen LogP contribution in [0, 0.1) is 0 Å². The quantitative estimate of drug-likeness (QED) is 0.938. The Morgan fingerprint density at radius 3 is 2.76 bits per heavy atom. The fourth-order valence-electron chi connectivity index (χ4n) is 2.38. The summed E-state index contributed by atoms with van der Waals surface area (Å²) in [5.41, 5.74) is 1.85. The number of benzene rings is 1. The molecule has 0 amide bonds. The first-order valence-corrected chi connectivity index (χ1v) is 7.30. The van der Waals surface area contributed by atoms with Gasteiger partial charge in [0.1, 0.15) is 0 Å². The number of aliphatic hydroxyl groups excluding tert-OH is 1. The lowest BCUT2D eigenvalue weighted by molar-refractivity contribution is 0.167. The Hall–Kier alpha value is -2.07. The summed E-state index contributed by atoms with van der Waals surface area (Å²) in [6, 6.07) is 11.5. The number of hydrogen-bond acceptors (Lipinski definition) is 4. The maximum atomic E-state index is 10.3. The van der Waals surface area contributed by atoms with Gasteiger partial charge in [-0.25, -0.2) is 0 Å².